The largest absolute Gasteiger partial charge is 0.378 e. The van der Waals surface area contributed by atoms with Crippen LogP contribution in [0.15, 0.2) is 47.5 Å². The molecular formula is C22H21FN4O2S. The van der Waals surface area contributed by atoms with Gasteiger partial charge in [0.15, 0.2) is 6.29 Å². The zero-order valence-corrected chi connectivity index (χ0v) is 17.3. The van der Waals surface area contributed by atoms with Gasteiger partial charge in [0.1, 0.15) is 5.82 Å². The SMILES string of the molecule is CN1c2c(ccc3sc(C(=O)N4CCOCC4)cc23)C=NC1Nc1cccc(F)c1. The van der Waals surface area contributed by atoms with Crippen LogP contribution < -0.4 is 10.2 Å². The Morgan fingerprint density at radius 1 is 1.23 bits per heavy atom. The van der Waals surface area contributed by atoms with E-state index in [1.165, 1.54) is 23.5 Å². The smallest absolute Gasteiger partial charge is 0.264 e. The second-order valence-corrected chi connectivity index (χ2v) is 8.43. The van der Waals surface area contributed by atoms with E-state index in [2.05, 4.69) is 10.3 Å². The van der Waals surface area contributed by atoms with Crippen molar-refractivity contribution in [2.75, 3.05) is 43.6 Å². The molecular weight excluding hydrogens is 403 g/mol. The molecule has 2 aromatic carbocycles. The molecule has 0 radical (unpaired) electrons. The van der Waals surface area contributed by atoms with E-state index in [0.29, 0.717) is 32.0 Å². The number of benzene rings is 2. The molecule has 5 rings (SSSR count). The lowest BCUT2D eigenvalue weighted by molar-refractivity contribution is 0.0306. The zero-order valence-electron chi connectivity index (χ0n) is 16.5. The number of ether oxygens (including phenoxy) is 1. The maximum Gasteiger partial charge on any atom is 0.264 e. The highest BCUT2D eigenvalue weighted by Gasteiger charge is 2.26. The predicted octanol–water partition coefficient (Wildman–Crippen LogP) is 3.78. The number of fused-ring (bicyclic) bond motifs is 3. The number of hydrogen-bond acceptors (Lipinski definition) is 6. The fourth-order valence-electron chi connectivity index (χ4n) is 3.87. The number of nitrogens with one attached hydrogen (secondary N) is 1. The normalized spacial score (nSPS) is 18.5. The average Bonchev–Trinajstić information content (AvgIpc) is 3.20. The number of thiophene rings is 1. The Labute approximate surface area is 177 Å². The second kappa shape index (κ2) is 7.70. The van der Waals surface area contributed by atoms with Crippen molar-refractivity contribution >= 4 is 44.9 Å². The average molecular weight is 425 g/mol. The summed E-state index contributed by atoms with van der Waals surface area (Å²) < 4.78 is 20.0. The molecule has 1 saturated heterocycles. The predicted molar refractivity (Wildman–Crippen MR) is 118 cm³/mol. The molecule has 0 saturated carbocycles. The Balaban J connectivity index is 1.47. The van der Waals surface area contributed by atoms with Crippen molar-refractivity contribution in [2.45, 2.75) is 6.29 Å². The molecule has 1 N–H and O–H groups in total. The van der Waals surface area contributed by atoms with Crippen molar-refractivity contribution < 1.29 is 13.9 Å². The lowest BCUT2D eigenvalue weighted by Gasteiger charge is -2.33. The van der Waals surface area contributed by atoms with Crippen molar-refractivity contribution in [3.05, 3.63) is 58.7 Å². The highest BCUT2D eigenvalue weighted by atomic mass is 32.1. The van der Waals surface area contributed by atoms with Crippen LogP contribution >= 0.6 is 11.3 Å². The molecule has 1 aromatic heterocycles. The third-order valence-corrected chi connectivity index (χ3v) is 6.50. The highest BCUT2D eigenvalue weighted by Crippen LogP contribution is 2.38. The molecule has 2 aliphatic rings. The zero-order chi connectivity index (χ0) is 20.7. The number of aliphatic imine (C=N–C) groups is 1. The molecule has 3 aromatic rings. The number of hydrogen-bond donors (Lipinski definition) is 1. The topological polar surface area (TPSA) is 57.2 Å². The molecule has 1 atom stereocenters. The van der Waals surface area contributed by atoms with E-state index in [1.807, 2.05) is 47.3 Å². The van der Waals surface area contributed by atoms with Crippen LogP contribution in [0.25, 0.3) is 10.1 Å². The first-order valence-corrected chi connectivity index (χ1v) is 10.6. The fraction of sp³-hybridized carbons (Fsp3) is 0.273. The van der Waals surface area contributed by atoms with E-state index < -0.39 is 0 Å². The fourth-order valence-corrected chi connectivity index (χ4v) is 4.91. The van der Waals surface area contributed by atoms with Crippen molar-refractivity contribution in [3.8, 4) is 0 Å². The van der Waals surface area contributed by atoms with Gasteiger partial charge in [-0.05, 0) is 36.4 Å². The number of morpholine rings is 1. The summed E-state index contributed by atoms with van der Waals surface area (Å²) in [4.78, 5) is 22.1. The number of carbonyl (C=O) groups excluding carboxylic acids is 1. The maximum absolute atomic E-state index is 13.6. The standard InChI is InChI=1S/C22H21FN4O2S/c1-26-20-14(13-24-22(26)25-16-4-2-3-15(23)11-16)5-6-18-17(20)12-19(30-18)21(28)27-7-9-29-10-8-27/h2-6,11-13,22,25H,7-10H2,1H3. The number of rotatable bonds is 3. The molecule has 0 aliphatic carbocycles. The first-order valence-electron chi connectivity index (χ1n) is 9.82. The van der Waals surface area contributed by atoms with Gasteiger partial charge in [0.2, 0.25) is 0 Å². The summed E-state index contributed by atoms with van der Waals surface area (Å²) in [5, 5.41) is 4.28. The molecule has 6 nitrogen and oxygen atoms in total. The monoisotopic (exact) mass is 424 g/mol. The lowest BCUT2D eigenvalue weighted by Crippen LogP contribution is -2.40. The summed E-state index contributed by atoms with van der Waals surface area (Å²) in [6.45, 7) is 2.41. The number of amides is 1. The summed E-state index contributed by atoms with van der Waals surface area (Å²) in [6, 6.07) is 12.4. The highest BCUT2D eigenvalue weighted by molar-refractivity contribution is 7.20. The van der Waals surface area contributed by atoms with Crippen LogP contribution in [0.3, 0.4) is 0 Å². The van der Waals surface area contributed by atoms with Gasteiger partial charge in [-0.25, -0.2) is 9.38 Å². The van der Waals surface area contributed by atoms with Crippen molar-refractivity contribution in [1.82, 2.24) is 4.90 Å². The molecule has 2 aliphatic heterocycles. The summed E-state index contributed by atoms with van der Waals surface area (Å²) in [5.41, 5.74) is 2.66. The van der Waals surface area contributed by atoms with Crippen LogP contribution in [0.1, 0.15) is 15.2 Å². The van der Waals surface area contributed by atoms with Crippen molar-refractivity contribution in [2.24, 2.45) is 4.99 Å². The van der Waals surface area contributed by atoms with E-state index in [1.54, 1.807) is 6.07 Å². The van der Waals surface area contributed by atoms with E-state index in [-0.39, 0.29) is 18.0 Å². The van der Waals surface area contributed by atoms with Crippen LogP contribution in [0, 0.1) is 5.82 Å². The number of nitrogens with zero attached hydrogens (tertiary/aromatic N) is 3. The second-order valence-electron chi connectivity index (χ2n) is 7.35. The minimum atomic E-state index is -0.372. The molecule has 0 spiro atoms. The van der Waals surface area contributed by atoms with Crippen LogP contribution in [-0.2, 0) is 4.74 Å². The van der Waals surface area contributed by atoms with Crippen LogP contribution in [0.2, 0.25) is 0 Å². The Hall–Kier alpha value is -2.97. The van der Waals surface area contributed by atoms with Gasteiger partial charge in [-0.15, -0.1) is 11.3 Å². The third-order valence-electron chi connectivity index (χ3n) is 5.41. The Morgan fingerprint density at radius 2 is 2.07 bits per heavy atom. The van der Waals surface area contributed by atoms with Gasteiger partial charge < -0.3 is 19.9 Å². The number of halogens is 1. The van der Waals surface area contributed by atoms with Gasteiger partial charge in [-0.3, -0.25) is 4.79 Å². The third kappa shape index (κ3) is 3.42. The summed E-state index contributed by atoms with van der Waals surface area (Å²) in [6.07, 6.45) is 1.45. The Kier molecular flexibility index (Phi) is 4.88. The van der Waals surface area contributed by atoms with Gasteiger partial charge in [-0.1, -0.05) is 6.07 Å². The number of anilines is 2. The van der Waals surface area contributed by atoms with Crippen molar-refractivity contribution in [3.63, 3.8) is 0 Å². The minimum absolute atomic E-state index is 0.0508. The molecule has 1 unspecified atom stereocenters. The quantitative estimate of drug-likeness (QED) is 0.695. The molecule has 30 heavy (non-hydrogen) atoms. The minimum Gasteiger partial charge on any atom is -0.378 e. The molecule has 1 fully saturated rings. The molecule has 154 valence electrons. The van der Waals surface area contributed by atoms with Crippen molar-refractivity contribution in [1.29, 1.82) is 0 Å². The van der Waals surface area contributed by atoms with Gasteiger partial charge in [0, 0.05) is 47.7 Å². The first-order chi connectivity index (χ1) is 14.6. The lowest BCUT2D eigenvalue weighted by atomic mass is 10.1. The van der Waals surface area contributed by atoms with Gasteiger partial charge in [0.05, 0.1) is 23.8 Å². The van der Waals surface area contributed by atoms with Gasteiger partial charge >= 0.3 is 0 Å². The molecule has 3 heterocycles. The van der Waals surface area contributed by atoms with E-state index >= 15 is 0 Å². The van der Waals surface area contributed by atoms with E-state index in [9.17, 15) is 9.18 Å². The summed E-state index contributed by atoms with van der Waals surface area (Å²) in [7, 11) is 1.95. The Bertz CT molecular complexity index is 1140. The van der Waals surface area contributed by atoms with E-state index in [0.717, 1.165) is 26.2 Å². The number of carbonyl (C=O) groups is 1. The van der Waals surface area contributed by atoms with Gasteiger partial charge in [-0.2, -0.15) is 0 Å². The first kappa shape index (κ1) is 19.0. The van der Waals surface area contributed by atoms with Gasteiger partial charge in [0.25, 0.3) is 5.91 Å². The van der Waals surface area contributed by atoms with Crippen LogP contribution in [-0.4, -0.2) is 56.7 Å². The Morgan fingerprint density at radius 3 is 2.87 bits per heavy atom. The maximum atomic E-state index is 13.6. The van der Waals surface area contributed by atoms with Crippen LogP contribution in [0.5, 0.6) is 0 Å². The molecule has 8 heteroatoms. The molecule has 0 bridgehead atoms. The van der Waals surface area contributed by atoms with E-state index in [4.69, 9.17) is 4.74 Å². The summed E-state index contributed by atoms with van der Waals surface area (Å²) >= 11 is 1.51. The van der Waals surface area contributed by atoms with Crippen LogP contribution in [0.4, 0.5) is 15.8 Å². The molecule has 1 amide bonds. The summed E-state index contributed by atoms with van der Waals surface area (Å²) in [5.74, 6) is -0.246.